The van der Waals surface area contributed by atoms with E-state index < -0.39 is 0 Å². The van der Waals surface area contributed by atoms with E-state index in [4.69, 9.17) is 5.26 Å². The molecular formula is C14H11N3O. The maximum Gasteiger partial charge on any atom is 0.323 e. The third-order valence-corrected chi connectivity index (χ3v) is 3.05. The van der Waals surface area contributed by atoms with E-state index in [2.05, 4.69) is 11.4 Å². The molecule has 1 atom stereocenters. The summed E-state index contributed by atoms with van der Waals surface area (Å²) in [6.07, 6.45) is 0. The summed E-state index contributed by atoms with van der Waals surface area (Å²) in [7, 11) is 0. The van der Waals surface area contributed by atoms with Gasteiger partial charge in [0.05, 0.1) is 18.3 Å². The van der Waals surface area contributed by atoms with Crippen molar-refractivity contribution in [2.24, 2.45) is 0 Å². The number of hydrogen-bond acceptors (Lipinski definition) is 2. The Bertz CT molecular complexity index is 654. The van der Waals surface area contributed by atoms with Crippen molar-refractivity contribution in [1.29, 1.82) is 5.26 Å². The predicted molar refractivity (Wildman–Crippen MR) is 69.1 cm³/mol. The van der Waals surface area contributed by atoms with Crippen LogP contribution in [0, 0.1) is 11.3 Å². The van der Waals surface area contributed by atoms with Gasteiger partial charge in [0, 0.05) is 5.39 Å². The van der Waals surface area contributed by atoms with Gasteiger partial charge in [-0.05, 0) is 11.5 Å². The van der Waals surface area contributed by atoms with Crippen LogP contribution in [0.25, 0.3) is 10.8 Å². The largest absolute Gasteiger partial charge is 0.323 e. The minimum absolute atomic E-state index is 0.210. The molecular weight excluding hydrogens is 226 g/mol. The molecule has 1 unspecified atom stereocenters. The quantitative estimate of drug-likeness (QED) is 0.775. The van der Waals surface area contributed by atoms with Gasteiger partial charge in [0.1, 0.15) is 6.04 Å². The van der Waals surface area contributed by atoms with E-state index in [0.29, 0.717) is 6.54 Å². The van der Waals surface area contributed by atoms with Crippen molar-refractivity contribution in [3.05, 3.63) is 42.5 Å². The van der Waals surface area contributed by atoms with Gasteiger partial charge in [-0.25, -0.2) is 4.79 Å². The SMILES string of the molecule is N#CC1CN1C(=O)Nc1cccc2ccccc12. The van der Waals surface area contributed by atoms with Crippen molar-refractivity contribution in [1.82, 2.24) is 4.90 Å². The number of rotatable bonds is 1. The number of nitriles is 1. The Hall–Kier alpha value is -2.54. The third kappa shape index (κ3) is 1.76. The lowest BCUT2D eigenvalue weighted by atomic mass is 10.1. The van der Waals surface area contributed by atoms with Gasteiger partial charge in [-0.15, -0.1) is 0 Å². The second-order valence-electron chi connectivity index (χ2n) is 4.25. The molecule has 2 aromatic rings. The fourth-order valence-corrected chi connectivity index (χ4v) is 2.00. The van der Waals surface area contributed by atoms with E-state index in [1.54, 1.807) is 0 Å². The number of nitrogens with one attached hydrogen (secondary N) is 1. The Morgan fingerprint density at radius 1 is 1.28 bits per heavy atom. The molecule has 1 heterocycles. The first-order valence-electron chi connectivity index (χ1n) is 5.74. The minimum Gasteiger partial charge on any atom is -0.307 e. The fraction of sp³-hybridized carbons (Fsp3) is 0.143. The molecule has 0 saturated carbocycles. The van der Waals surface area contributed by atoms with Crippen LogP contribution in [0.3, 0.4) is 0 Å². The van der Waals surface area contributed by atoms with Crippen LogP contribution in [0.4, 0.5) is 10.5 Å². The van der Waals surface area contributed by atoms with Gasteiger partial charge in [0.2, 0.25) is 0 Å². The number of benzene rings is 2. The van der Waals surface area contributed by atoms with Crippen molar-refractivity contribution in [3.63, 3.8) is 0 Å². The van der Waals surface area contributed by atoms with E-state index >= 15 is 0 Å². The Morgan fingerprint density at radius 2 is 2.06 bits per heavy atom. The van der Waals surface area contributed by atoms with Gasteiger partial charge < -0.3 is 10.2 Å². The monoisotopic (exact) mass is 237 g/mol. The molecule has 18 heavy (non-hydrogen) atoms. The maximum absolute atomic E-state index is 11.9. The summed E-state index contributed by atoms with van der Waals surface area (Å²) in [5.74, 6) is 0. The Balaban J connectivity index is 1.87. The summed E-state index contributed by atoms with van der Waals surface area (Å²) in [6.45, 7) is 0.521. The Labute approximate surface area is 104 Å². The molecule has 1 fully saturated rings. The van der Waals surface area contributed by atoms with E-state index in [-0.39, 0.29) is 12.1 Å². The lowest BCUT2D eigenvalue weighted by Crippen LogP contribution is -2.20. The molecule has 0 spiro atoms. The van der Waals surface area contributed by atoms with Gasteiger partial charge in [0.15, 0.2) is 0 Å². The summed E-state index contributed by atoms with van der Waals surface area (Å²) in [5.41, 5.74) is 0.779. The van der Waals surface area contributed by atoms with Crippen LogP contribution in [-0.2, 0) is 0 Å². The zero-order valence-electron chi connectivity index (χ0n) is 9.63. The van der Waals surface area contributed by atoms with Crippen LogP contribution in [-0.4, -0.2) is 23.5 Å². The molecule has 0 aromatic heterocycles. The normalized spacial score (nSPS) is 17.3. The summed E-state index contributed by atoms with van der Waals surface area (Å²) in [5, 5.41) is 13.6. The number of carbonyl (C=O) groups is 1. The highest BCUT2D eigenvalue weighted by molar-refractivity contribution is 6.02. The van der Waals surface area contributed by atoms with E-state index in [0.717, 1.165) is 16.5 Å². The molecule has 1 aliphatic rings. The predicted octanol–water partition coefficient (Wildman–Crippen LogP) is 2.58. The number of carbonyl (C=O) groups excluding carboxylic acids is 1. The van der Waals surface area contributed by atoms with E-state index in [9.17, 15) is 4.79 Å². The molecule has 2 amide bonds. The standard InChI is InChI=1S/C14H11N3O/c15-8-11-9-17(11)14(18)16-13-7-3-5-10-4-1-2-6-12(10)13/h1-7,11H,9H2,(H,16,18). The number of hydrogen-bond donors (Lipinski definition) is 1. The Morgan fingerprint density at radius 3 is 2.83 bits per heavy atom. The van der Waals surface area contributed by atoms with Gasteiger partial charge in [-0.3, -0.25) is 0 Å². The average molecular weight is 237 g/mol. The molecule has 0 bridgehead atoms. The van der Waals surface area contributed by atoms with Crippen LogP contribution in [0.15, 0.2) is 42.5 Å². The van der Waals surface area contributed by atoms with Crippen molar-refractivity contribution < 1.29 is 4.79 Å². The lowest BCUT2D eigenvalue weighted by Gasteiger charge is -2.09. The number of fused-ring (bicyclic) bond motifs is 1. The van der Waals surface area contributed by atoms with Gasteiger partial charge in [0.25, 0.3) is 0 Å². The molecule has 0 radical (unpaired) electrons. The molecule has 1 aliphatic heterocycles. The lowest BCUT2D eigenvalue weighted by molar-refractivity contribution is 0.241. The highest BCUT2D eigenvalue weighted by Crippen LogP contribution is 2.25. The second-order valence-corrected chi connectivity index (χ2v) is 4.25. The second kappa shape index (κ2) is 4.04. The van der Waals surface area contributed by atoms with Crippen molar-refractivity contribution in [2.45, 2.75) is 6.04 Å². The number of amides is 2. The number of nitrogens with zero attached hydrogens (tertiary/aromatic N) is 2. The Kier molecular flexibility index (Phi) is 2.38. The van der Waals surface area contributed by atoms with E-state index in [1.807, 2.05) is 42.5 Å². The number of anilines is 1. The zero-order chi connectivity index (χ0) is 12.5. The molecule has 88 valence electrons. The summed E-state index contributed by atoms with van der Waals surface area (Å²) in [6, 6.07) is 15.2. The summed E-state index contributed by atoms with van der Waals surface area (Å²) >= 11 is 0. The molecule has 2 aromatic carbocycles. The van der Waals surface area contributed by atoms with Gasteiger partial charge in [-0.1, -0.05) is 36.4 Å². The molecule has 1 N–H and O–H groups in total. The van der Waals surface area contributed by atoms with Gasteiger partial charge in [-0.2, -0.15) is 5.26 Å². The molecule has 3 rings (SSSR count). The average Bonchev–Trinajstić information content (AvgIpc) is 3.19. The van der Waals surface area contributed by atoms with Crippen molar-refractivity contribution >= 4 is 22.5 Å². The highest BCUT2D eigenvalue weighted by atomic mass is 16.2. The first-order chi connectivity index (χ1) is 8.79. The first-order valence-corrected chi connectivity index (χ1v) is 5.74. The van der Waals surface area contributed by atoms with Crippen LogP contribution < -0.4 is 5.32 Å². The third-order valence-electron chi connectivity index (χ3n) is 3.05. The zero-order valence-corrected chi connectivity index (χ0v) is 9.63. The van der Waals surface area contributed by atoms with Crippen LogP contribution in [0.2, 0.25) is 0 Å². The van der Waals surface area contributed by atoms with E-state index in [1.165, 1.54) is 4.90 Å². The fourth-order valence-electron chi connectivity index (χ4n) is 2.00. The van der Waals surface area contributed by atoms with Gasteiger partial charge >= 0.3 is 6.03 Å². The van der Waals surface area contributed by atoms with Crippen LogP contribution >= 0.6 is 0 Å². The maximum atomic E-state index is 11.9. The molecule has 4 nitrogen and oxygen atoms in total. The molecule has 4 heteroatoms. The first kappa shape index (κ1) is 10.6. The topological polar surface area (TPSA) is 55.9 Å². The van der Waals surface area contributed by atoms with Crippen LogP contribution in [0.5, 0.6) is 0 Å². The van der Waals surface area contributed by atoms with Crippen LogP contribution in [0.1, 0.15) is 0 Å². The summed E-state index contributed by atoms with van der Waals surface area (Å²) in [4.78, 5) is 13.4. The summed E-state index contributed by atoms with van der Waals surface area (Å²) < 4.78 is 0. The minimum atomic E-state index is -0.264. The molecule has 0 aliphatic carbocycles. The highest BCUT2D eigenvalue weighted by Gasteiger charge is 2.38. The smallest absolute Gasteiger partial charge is 0.307 e. The number of urea groups is 1. The van der Waals surface area contributed by atoms with Crippen molar-refractivity contribution in [3.8, 4) is 6.07 Å². The van der Waals surface area contributed by atoms with Crippen molar-refractivity contribution in [2.75, 3.05) is 11.9 Å². The molecule has 1 saturated heterocycles.